The molecule has 0 aliphatic rings. The minimum atomic E-state index is 0.682. The van der Waals surface area contributed by atoms with Crippen molar-refractivity contribution >= 4 is 55.6 Å². The summed E-state index contributed by atoms with van der Waals surface area (Å²) >= 11 is 5.79. The Hall–Kier alpha value is -0.950. The van der Waals surface area contributed by atoms with Crippen LogP contribution in [0.25, 0.3) is 0 Å². The molecule has 0 heterocycles. The molecule has 3 nitrogen and oxygen atoms in total. The summed E-state index contributed by atoms with van der Waals surface area (Å²) in [5.74, 6) is 0.772. The number of nitrogen functional groups attached to an aromatic ring is 1. The summed E-state index contributed by atoms with van der Waals surface area (Å²) in [6, 6.07) is 11.6. The SMILES string of the molecule is COc1ccc(N)c(Nc2ccc(I)cc2Br)c1. The minimum Gasteiger partial charge on any atom is -0.497 e. The van der Waals surface area contributed by atoms with Crippen molar-refractivity contribution in [3.05, 3.63) is 44.4 Å². The second-order valence-electron chi connectivity index (χ2n) is 3.70. The lowest BCUT2D eigenvalue weighted by Crippen LogP contribution is -1.97. The highest BCUT2D eigenvalue weighted by atomic mass is 127. The number of benzene rings is 2. The lowest BCUT2D eigenvalue weighted by molar-refractivity contribution is 0.415. The zero-order valence-electron chi connectivity index (χ0n) is 9.71. The van der Waals surface area contributed by atoms with E-state index in [9.17, 15) is 0 Å². The van der Waals surface area contributed by atoms with Crippen LogP contribution in [0.5, 0.6) is 5.75 Å². The molecule has 94 valence electrons. The molecule has 2 aromatic carbocycles. The van der Waals surface area contributed by atoms with Gasteiger partial charge < -0.3 is 15.8 Å². The maximum Gasteiger partial charge on any atom is 0.121 e. The maximum absolute atomic E-state index is 5.94. The van der Waals surface area contributed by atoms with E-state index >= 15 is 0 Å². The monoisotopic (exact) mass is 418 g/mol. The molecule has 18 heavy (non-hydrogen) atoms. The molecule has 0 bridgehead atoms. The first-order valence-electron chi connectivity index (χ1n) is 5.26. The van der Waals surface area contributed by atoms with E-state index < -0.39 is 0 Å². The molecule has 0 amide bonds. The summed E-state index contributed by atoms with van der Waals surface area (Å²) in [5, 5.41) is 3.29. The Morgan fingerprint density at radius 1 is 1.17 bits per heavy atom. The Kier molecular flexibility index (Phi) is 4.34. The van der Waals surface area contributed by atoms with Crippen LogP contribution in [0.3, 0.4) is 0 Å². The summed E-state index contributed by atoms with van der Waals surface area (Å²) < 4.78 is 7.36. The third-order valence-corrected chi connectivity index (χ3v) is 3.79. The molecule has 0 atom stereocenters. The second-order valence-corrected chi connectivity index (χ2v) is 5.80. The predicted molar refractivity (Wildman–Crippen MR) is 87.5 cm³/mol. The summed E-state index contributed by atoms with van der Waals surface area (Å²) in [6.07, 6.45) is 0. The Balaban J connectivity index is 2.33. The van der Waals surface area contributed by atoms with Gasteiger partial charge in [0.2, 0.25) is 0 Å². The van der Waals surface area contributed by atoms with E-state index in [0.717, 1.165) is 21.6 Å². The lowest BCUT2D eigenvalue weighted by atomic mass is 10.2. The van der Waals surface area contributed by atoms with Gasteiger partial charge >= 0.3 is 0 Å². The van der Waals surface area contributed by atoms with Gasteiger partial charge in [0.15, 0.2) is 0 Å². The highest BCUT2D eigenvalue weighted by molar-refractivity contribution is 14.1. The van der Waals surface area contributed by atoms with E-state index in [2.05, 4.69) is 43.8 Å². The smallest absolute Gasteiger partial charge is 0.121 e. The molecule has 0 aliphatic heterocycles. The maximum atomic E-state index is 5.94. The third-order valence-electron chi connectivity index (χ3n) is 2.46. The first kappa shape index (κ1) is 13.5. The van der Waals surface area contributed by atoms with Gasteiger partial charge in [-0.1, -0.05) is 0 Å². The quantitative estimate of drug-likeness (QED) is 0.574. The van der Waals surface area contributed by atoms with Crippen molar-refractivity contribution in [1.29, 1.82) is 0 Å². The number of halogens is 2. The molecule has 0 spiro atoms. The molecule has 0 fully saturated rings. The van der Waals surface area contributed by atoms with Gasteiger partial charge in [0.05, 0.1) is 24.2 Å². The van der Waals surface area contributed by atoms with Crippen molar-refractivity contribution in [3.8, 4) is 5.75 Å². The zero-order valence-corrected chi connectivity index (χ0v) is 13.4. The molecular formula is C13H12BrIN2O. The van der Waals surface area contributed by atoms with E-state index in [0.29, 0.717) is 5.69 Å². The first-order chi connectivity index (χ1) is 8.60. The van der Waals surface area contributed by atoms with E-state index in [1.165, 1.54) is 3.57 Å². The number of nitrogens with one attached hydrogen (secondary N) is 1. The van der Waals surface area contributed by atoms with Crippen molar-refractivity contribution in [1.82, 2.24) is 0 Å². The van der Waals surface area contributed by atoms with Gasteiger partial charge in [-0.2, -0.15) is 0 Å². The standard InChI is InChI=1S/C13H12BrIN2O/c1-18-9-3-4-11(16)13(7-9)17-12-5-2-8(15)6-10(12)14/h2-7,17H,16H2,1H3. The number of nitrogens with two attached hydrogens (primary N) is 1. The Bertz CT molecular complexity index is 575. The number of anilines is 3. The van der Waals surface area contributed by atoms with Crippen LogP contribution in [0, 0.1) is 3.57 Å². The molecular weight excluding hydrogens is 407 g/mol. The zero-order chi connectivity index (χ0) is 13.1. The Morgan fingerprint density at radius 3 is 2.61 bits per heavy atom. The first-order valence-corrected chi connectivity index (χ1v) is 7.13. The van der Waals surface area contributed by atoms with Crippen LogP contribution in [0.1, 0.15) is 0 Å². The van der Waals surface area contributed by atoms with Crippen LogP contribution in [-0.4, -0.2) is 7.11 Å². The van der Waals surface area contributed by atoms with Gasteiger partial charge in [0.1, 0.15) is 5.75 Å². The average Bonchev–Trinajstić information content (AvgIpc) is 2.35. The Morgan fingerprint density at radius 2 is 1.94 bits per heavy atom. The van der Waals surface area contributed by atoms with Crippen molar-refractivity contribution in [3.63, 3.8) is 0 Å². The van der Waals surface area contributed by atoms with Crippen LogP contribution >= 0.6 is 38.5 Å². The lowest BCUT2D eigenvalue weighted by Gasteiger charge is -2.12. The highest BCUT2D eigenvalue weighted by Crippen LogP contribution is 2.31. The van der Waals surface area contributed by atoms with Crippen molar-refractivity contribution in [2.24, 2.45) is 0 Å². The minimum absolute atomic E-state index is 0.682. The number of methoxy groups -OCH3 is 1. The molecule has 2 rings (SSSR count). The molecule has 0 saturated heterocycles. The van der Waals surface area contributed by atoms with Gasteiger partial charge in [-0.15, -0.1) is 0 Å². The second kappa shape index (κ2) is 5.79. The van der Waals surface area contributed by atoms with Gasteiger partial charge in [0.25, 0.3) is 0 Å². The average molecular weight is 419 g/mol. The number of rotatable bonds is 3. The molecule has 0 aliphatic carbocycles. The molecule has 0 aromatic heterocycles. The topological polar surface area (TPSA) is 47.3 Å². The van der Waals surface area contributed by atoms with Crippen molar-refractivity contribution in [2.75, 3.05) is 18.2 Å². The summed E-state index contributed by atoms with van der Waals surface area (Å²) in [7, 11) is 1.64. The predicted octanol–water partition coefficient (Wildman–Crippen LogP) is 4.39. The van der Waals surface area contributed by atoms with Crippen molar-refractivity contribution in [2.45, 2.75) is 0 Å². The van der Waals surface area contributed by atoms with Crippen molar-refractivity contribution < 1.29 is 4.74 Å². The molecule has 2 aromatic rings. The fourth-order valence-corrected chi connectivity index (χ4v) is 2.90. The van der Waals surface area contributed by atoms with E-state index in [1.807, 2.05) is 36.4 Å². The van der Waals surface area contributed by atoms with Crippen LogP contribution in [0.2, 0.25) is 0 Å². The van der Waals surface area contributed by atoms with Gasteiger partial charge in [-0.3, -0.25) is 0 Å². The van der Waals surface area contributed by atoms with E-state index in [-0.39, 0.29) is 0 Å². The molecule has 0 radical (unpaired) electrons. The van der Waals surface area contributed by atoms with Gasteiger partial charge in [-0.05, 0) is 68.9 Å². The van der Waals surface area contributed by atoms with E-state index in [4.69, 9.17) is 10.5 Å². The summed E-state index contributed by atoms with van der Waals surface area (Å²) in [5.41, 5.74) is 8.42. The fourth-order valence-electron chi connectivity index (χ4n) is 1.51. The van der Waals surface area contributed by atoms with Crippen LogP contribution in [0.15, 0.2) is 40.9 Å². The van der Waals surface area contributed by atoms with E-state index in [1.54, 1.807) is 7.11 Å². The fraction of sp³-hybridized carbons (Fsp3) is 0.0769. The van der Waals surface area contributed by atoms with Gasteiger partial charge in [-0.25, -0.2) is 0 Å². The summed E-state index contributed by atoms with van der Waals surface area (Å²) in [4.78, 5) is 0. The normalized spacial score (nSPS) is 10.2. The molecule has 0 saturated carbocycles. The number of hydrogen-bond donors (Lipinski definition) is 2. The molecule has 5 heteroatoms. The Labute approximate surface area is 128 Å². The third kappa shape index (κ3) is 3.08. The summed E-state index contributed by atoms with van der Waals surface area (Å²) in [6.45, 7) is 0. The highest BCUT2D eigenvalue weighted by Gasteiger charge is 2.05. The number of ether oxygens (including phenoxy) is 1. The van der Waals surface area contributed by atoms with Crippen LogP contribution in [0.4, 0.5) is 17.1 Å². The van der Waals surface area contributed by atoms with Gasteiger partial charge in [0, 0.05) is 14.1 Å². The van der Waals surface area contributed by atoms with Crippen LogP contribution in [-0.2, 0) is 0 Å². The molecule has 3 N–H and O–H groups in total. The molecule has 0 unspecified atom stereocenters. The number of hydrogen-bond acceptors (Lipinski definition) is 3. The largest absolute Gasteiger partial charge is 0.497 e. The van der Waals surface area contributed by atoms with Crippen LogP contribution < -0.4 is 15.8 Å².